The van der Waals surface area contributed by atoms with Crippen LogP contribution in [-0.2, 0) is 51.8 Å². The smallest absolute Gasteiger partial charge is 0.411 e. The molecule has 113 valence electrons. The van der Waals surface area contributed by atoms with Crippen LogP contribution in [0.3, 0.4) is 0 Å². The van der Waals surface area contributed by atoms with E-state index >= 15 is 0 Å². The van der Waals surface area contributed by atoms with Gasteiger partial charge >= 0.3 is 17.1 Å². The van der Waals surface area contributed by atoms with Crippen LogP contribution in [0.1, 0.15) is 0 Å². The number of ether oxygens (including phenoxy) is 2. The summed E-state index contributed by atoms with van der Waals surface area (Å²) >= 11 is 19.2. The monoisotopic (exact) mass is 387 g/mol. The van der Waals surface area contributed by atoms with E-state index in [0.717, 1.165) is 52.6 Å². The largest absolute Gasteiger partial charge is 2.00 e. The van der Waals surface area contributed by atoms with Crippen molar-refractivity contribution in [1.82, 2.24) is 9.80 Å². The van der Waals surface area contributed by atoms with Crippen molar-refractivity contribution in [3.8, 4) is 0 Å². The van der Waals surface area contributed by atoms with Crippen LogP contribution in [0, 0.1) is 0 Å². The first kappa shape index (κ1) is 19.7. The van der Waals surface area contributed by atoms with Gasteiger partial charge in [0.15, 0.2) is 0 Å². The molecule has 2 heterocycles. The fourth-order valence-electron chi connectivity index (χ4n) is 1.49. The molecule has 2 rings (SSSR count). The van der Waals surface area contributed by atoms with Gasteiger partial charge < -0.3 is 69.0 Å². The van der Waals surface area contributed by atoms with Gasteiger partial charge in [-0.2, -0.15) is 0 Å². The van der Waals surface area contributed by atoms with Crippen LogP contribution in [0.5, 0.6) is 0 Å². The molecule has 0 unspecified atom stereocenters. The Labute approximate surface area is 146 Å². The molecule has 0 aromatic rings. The predicted molar refractivity (Wildman–Crippen MR) is 84.7 cm³/mol. The molecule has 0 N–H and O–H groups in total. The van der Waals surface area contributed by atoms with Crippen molar-refractivity contribution < 1.29 is 26.5 Å². The van der Waals surface area contributed by atoms with Crippen molar-refractivity contribution in [1.29, 1.82) is 0 Å². The zero-order chi connectivity index (χ0) is 13.4. The second-order valence-corrected chi connectivity index (χ2v) is 5.79. The minimum absolute atomic E-state index is 0. The second kappa shape index (κ2) is 11.3. The summed E-state index contributed by atoms with van der Waals surface area (Å²) < 4.78 is 11.3. The Kier molecular flexibility index (Phi) is 11.7. The number of rotatable bonds is 0. The Morgan fingerprint density at radius 1 is 0.737 bits per heavy atom. The molecule has 0 aliphatic carbocycles. The van der Waals surface area contributed by atoms with E-state index in [1.165, 1.54) is 0 Å². The van der Waals surface area contributed by atoms with Crippen LogP contribution in [0.2, 0.25) is 0 Å². The van der Waals surface area contributed by atoms with Crippen molar-refractivity contribution in [3.05, 3.63) is 0 Å². The third kappa shape index (κ3) is 8.52. The third-order valence-corrected chi connectivity index (χ3v) is 3.57. The topological polar surface area (TPSA) is 24.9 Å². The van der Waals surface area contributed by atoms with E-state index in [2.05, 4.69) is 0 Å². The molecule has 0 saturated carbocycles. The molecule has 19 heavy (non-hydrogen) atoms. The summed E-state index contributed by atoms with van der Waals surface area (Å²) in [6.07, 6.45) is 0. The second-order valence-electron chi connectivity index (χ2n) is 3.73. The first-order valence-corrected chi connectivity index (χ1v) is 7.32. The molecule has 0 spiro atoms. The number of nitrogens with zero attached hydrogens (tertiary/aromatic N) is 2. The fraction of sp³-hybridized carbons (Fsp3) is 0.800. The van der Waals surface area contributed by atoms with Crippen molar-refractivity contribution in [2.75, 3.05) is 52.6 Å². The Morgan fingerprint density at radius 3 is 1.16 bits per heavy atom. The molecular formula is C10H16CuN2O2S4. The maximum Gasteiger partial charge on any atom is 2.00 e. The Morgan fingerprint density at radius 2 is 1.00 bits per heavy atom. The summed E-state index contributed by atoms with van der Waals surface area (Å²) in [5.74, 6) is 0. The number of morpholine rings is 2. The van der Waals surface area contributed by atoms with Gasteiger partial charge in [-0.25, -0.2) is 0 Å². The maximum atomic E-state index is 5.10. The molecule has 0 atom stereocenters. The zero-order valence-corrected chi connectivity index (χ0v) is 14.5. The van der Waals surface area contributed by atoms with E-state index in [1.54, 1.807) is 0 Å². The van der Waals surface area contributed by atoms with Crippen LogP contribution in [0.4, 0.5) is 0 Å². The minimum atomic E-state index is 0. The van der Waals surface area contributed by atoms with E-state index in [4.69, 9.17) is 59.2 Å². The van der Waals surface area contributed by atoms with Crippen LogP contribution in [0.25, 0.3) is 0 Å². The predicted octanol–water partition coefficient (Wildman–Crippen LogP) is 0.298. The molecule has 1 radical (unpaired) electrons. The van der Waals surface area contributed by atoms with Gasteiger partial charge in [0.2, 0.25) is 0 Å². The molecule has 0 aromatic heterocycles. The van der Waals surface area contributed by atoms with E-state index < -0.39 is 0 Å². The number of thiocarbonyl (C=S) groups is 2. The first-order valence-electron chi connectivity index (χ1n) is 5.68. The summed E-state index contributed by atoms with van der Waals surface area (Å²) in [7, 11) is 0. The summed E-state index contributed by atoms with van der Waals surface area (Å²) in [5.41, 5.74) is 0. The van der Waals surface area contributed by atoms with Gasteiger partial charge in [0.25, 0.3) is 0 Å². The molecular weight excluding hydrogens is 372 g/mol. The molecule has 0 bridgehead atoms. The average molecular weight is 388 g/mol. The molecule has 2 fully saturated rings. The molecule has 0 aromatic carbocycles. The zero-order valence-electron chi connectivity index (χ0n) is 10.3. The van der Waals surface area contributed by atoms with Gasteiger partial charge in [0.1, 0.15) is 0 Å². The summed E-state index contributed by atoms with van der Waals surface area (Å²) in [4.78, 5) is 3.96. The van der Waals surface area contributed by atoms with Gasteiger partial charge in [-0.05, 0) is 0 Å². The fourth-order valence-corrected chi connectivity index (χ4v) is 2.22. The van der Waals surface area contributed by atoms with Crippen molar-refractivity contribution >= 4 is 58.3 Å². The summed E-state index contributed by atoms with van der Waals surface area (Å²) in [6.45, 7) is 6.50. The van der Waals surface area contributed by atoms with Gasteiger partial charge in [-0.3, -0.25) is 0 Å². The third-order valence-electron chi connectivity index (χ3n) is 2.54. The van der Waals surface area contributed by atoms with Crippen LogP contribution in [0.15, 0.2) is 0 Å². The van der Waals surface area contributed by atoms with E-state index in [1.807, 2.05) is 9.80 Å². The number of hydrogen-bond donors (Lipinski definition) is 0. The van der Waals surface area contributed by atoms with E-state index in [-0.39, 0.29) is 17.1 Å². The van der Waals surface area contributed by atoms with Gasteiger partial charge in [0.05, 0.1) is 26.4 Å². The SMILES string of the molecule is S=C([S-])N1CCOCC1.S=C([S-])N1CCOCC1.[Cu+2]. The average Bonchev–Trinajstić information content (AvgIpc) is 2.41. The van der Waals surface area contributed by atoms with E-state index in [0.29, 0.717) is 8.64 Å². The van der Waals surface area contributed by atoms with Crippen LogP contribution < -0.4 is 0 Å². The Bertz CT molecular complexity index is 257. The summed E-state index contributed by atoms with van der Waals surface area (Å²) in [6, 6.07) is 0. The molecule has 4 nitrogen and oxygen atoms in total. The Hall–Kier alpha value is 0.659. The first-order chi connectivity index (χ1) is 8.61. The molecule has 2 aliphatic rings. The maximum absolute atomic E-state index is 5.10. The normalized spacial score (nSPS) is 18.7. The van der Waals surface area contributed by atoms with Crippen molar-refractivity contribution in [2.24, 2.45) is 0 Å². The van der Waals surface area contributed by atoms with Crippen molar-refractivity contribution in [3.63, 3.8) is 0 Å². The molecule has 2 aliphatic heterocycles. The van der Waals surface area contributed by atoms with Crippen molar-refractivity contribution in [2.45, 2.75) is 0 Å². The van der Waals surface area contributed by atoms with Gasteiger partial charge in [0, 0.05) is 26.2 Å². The van der Waals surface area contributed by atoms with E-state index in [9.17, 15) is 0 Å². The minimum Gasteiger partial charge on any atom is -0.411 e. The Balaban J connectivity index is 0.000000324. The molecule has 9 heteroatoms. The van der Waals surface area contributed by atoms with Crippen LogP contribution in [-0.4, -0.2) is 71.0 Å². The number of hydrogen-bond acceptors (Lipinski definition) is 6. The van der Waals surface area contributed by atoms with Gasteiger partial charge in [-0.15, -0.1) is 0 Å². The summed E-state index contributed by atoms with van der Waals surface area (Å²) in [5, 5.41) is 0. The molecule has 0 amide bonds. The quantitative estimate of drug-likeness (QED) is 0.332. The standard InChI is InChI=1S/2C5H9NOS2.Cu/c2*8-5(9)6-1-3-7-4-2-6;/h2*1-4H2,(H,8,9);/q;;+2/p-2. The van der Waals surface area contributed by atoms with Gasteiger partial charge in [-0.1, -0.05) is 8.64 Å². The molecule has 2 saturated heterocycles. The van der Waals surface area contributed by atoms with Crippen LogP contribution >= 0.6 is 24.4 Å².